The quantitative estimate of drug-likeness (QED) is 0.151. The Bertz CT molecular complexity index is 265. The van der Waals surface area contributed by atoms with E-state index in [2.05, 4.69) is 27.4 Å². The Kier molecular flexibility index (Phi) is 19.8. The molecule has 0 N–H and O–H groups in total. The molecule has 25 heavy (non-hydrogen) atoms. The molecule has 0 aromatic carbocycles. The van der Waals surface area contributed by atoms with Crippen LogP contribution in [0.25, 0.3) is 0 Å². The Morgan fingerprint density at radius 2 is 1.00 bits per heavy atom. The summed E-state index contributed by atoms with van der Waals surface area (Å²) in [5.74, 6) is 0.873. The van der Waals surface area contributed by atoms with Crippen molar-refractivity contribution in [2.24, 2.45) is 5.92 Å². The Morgan fingerprint density at radius 3 is 1.40 bits per heavy atom. The highest BCUT2D eigenvalue weighted by atomic mass is 14.1. The zero-order chi connectivity index (χ0) is 18.6. The van der Waals surface area contributed by atoms with Crippen LogP contribution in [-0.2, 0) is 0 Å². The summed E-state index contributed by atoms with van der Waals surface area (Å²) < 4.78 is 0. The summed E-state index contributed by atoms with van der Waals surface area (Å²) in [6, 6.07) is 0. The predicted molar refractivity (Wildman–Crippen MR) is 117 cm³/mol. The van der Waals surface area contributed by atoms with E-state index in [1.807, 2.05) is 0 Å². The van der Waals surface area contributed by atoms with Gasteiger partial charge < -0.3 is 0 Å². The minimum absolute atomic E-state index is 0.873. The maximum atomic E-state index is 4.26. The van der Waals surface area contributed by atoms with Gasteiger partial charge in [0.25, 0.3) is 0 Å². The summed E-state index contributed by atoms with van der Waals surface area (Å²) in [5, 5.41) is 0. The largest absolute Gasteiger partial charge is 0.0999 e. The Labute approximate surface area is 161 Å². The van der Waals surface area contributed by atoms with Gasteiger partial charge in [-0.3, -0.25) is 0 Å². The molecule has 0 rings (SSSR count). The van der Waals surface area contributed by atoms with E-state index < -0.39 is 0 Å². The lowest BCUT2D eigenvalue weighted by Crippen LogP contribution is -1.93. The third-order valence-electron chi connectivity index (χ3n) is 5.82. The maximum absolute atomic E-state index is 4.26. The molecule has 1 atom stereocenters. The van der Waals surface area contributed by atoms with Crippen molar-refractivity contribution in [3.8, 4) is 0 Å². The van der Waals surface area contributed by atoms with Gasteiger partial charge in [-0.1, -0.05) is 129 Å². The van der Waals surface area contributed by atoms with E-state index in [1.165, 1.54) is 128 Å². The first kappa shape index (κ1) is 24.7. The van der Waals surface area contributed by atoms with Crippen molar-refractivity contribution < 1.29 is 0 Å². The van der Waals surface area contributed by atoms with Crippen molar-refractivity contribution in [1.29, 1.82) is 0 Å². The van der Waals surface area contributed by atoms with Crippen LogP contribution >= 0.6 is 0 Å². The van der Waals surface area contributed by atoms with Crippen molar-refractivity contribution in [3.05, 3.63) is 12.2 Å². The number of hydrogen-bond acceptors (Lipinski definition) is 0. The zero-order valence-corrected chi connectivity index (χ0v) is 18.2. The highest BCUT2D eigenvalue weighted by Crippen LogP contribution is 2.19. The summed E-state index contributed by atoms with van der Waals surface area (Å²) in [6.07, 6.45) is 26.9. The molecule has 0 nitrogen and oxygen atoms in total. The van der Waals surface area contributed by atoms with Gasteiger partial charge in [-0.05, 0) is 31.6 Å². The molecule has 0 aromatic heterocycles. The minimum atomic E-state index is 0.873. The molecule has 1 unspecified atom stereocenters. The number of allylic oxidation sites excluding steroid dienone is 1. The lowest BCUT2D eigenvalue weighted by atomic mass is 9.96. The van der Waals surface area contributed by atoms with E-state index in [0.717, 1.165) is 5.92 Å². The van der Waals surface area contributed by atoms with E-state index in [9.17, 15) is 0 Å². The third-order valence-corrected chi connectivity index (χ3v) is 5.82. The number of hydrogen-bond donors (Lipinski definition) is 0. The van der Waals surface area contributed by atoms with Crippen LogP contribution in [0, 0.1) is 5.92 Å². The first-order valence-corrected chi connectivity index (χ1v) is 11.9. The monoisotopic (exact) mass is 350 g/mol. The summed E-state index contributed by atoms with van der Waals surface area (Å²) in [7, 11) is 0. The molecule has 0 radical (unpaired) electrons. The third kappa shape index (κ3) is 19.9. The van der Waals surface area contributed by atoms with Crippen molar-refractivity contribution >= 4 is 0 Å². The van der Waals surface area contributed by atoms with Crippen LogP contribution in [0.4, 0.5) is 0 Å². The highest BCUT2D eigenvalue weighted by molar-refractivity contribution is 4.93. The molecule has 150 valence electrons. The lowest BCUT2D eigenvalue weighted by Gasteiger charge is -2.10. The van der Waals surface area contributed by atoms with E-state index >= 15 is 0 Å². The Hall–Kier alpha value is -0.260. The van der Waals surface area contributed by atoms with Gasteiger partial charge in [0, 0.05) is 0 Å². The maximum Gasteiger partial charge on any atom is -0.0320 e. The fraction of sp³-hybridized carbons (Fsp3) is 0.920. The normalized spacial score (nSPS) is 12.4. The molecule has 0 saturated heterocycles. The molecule has 0 amide bonds. The Morgan fingerprint density at radius 1 is 0.600 bits per heavy atom. The first-order chi connectivity index (χ1) is 12.2. The molecule has 0 heteroatoms. The average Bonchev–Trinajstić information content (AvgIpc) is 2.62. The summed E-state index contributed by atoms with van der Waals surface area (Å²) in [5.41, 5.74) is 1.50. The van der Waals surface area contributed by atoms with Gasteiger partial charge in [0.15, 0.2) is 0 Å². The number of rotatable bonds is 20. The van der Waals surface area contributed by atoms with Crippen molar-refractivity contribution in [2.45, 2.75) is 143 Å². The van der Waals surface area contributed by atoms with Crippen molar-refractivity contribution in [1.82, 2.24) is 0 Å². The summed E-state index contributed by atoms with van der Waals surface area (Å²) in [6.45, 7) is 11.2. The Balaban J connectivity index is 3.12. The topological polar surface area (TPSA) is 0 Å². The van der Waals surface area contributed by atoms with E-state index in [1.54, 1.807) is 0 Å². The van der Waals surface area contributed by atoms with Crippen molar-refractivity contribution in [3.63, 3.8) is 0 Å². The van der Waals surface area contributed by atoms with E-state index in [-0.39, 0.29) is 0 Å². The number of unbranched alkanes of at least 4 members (excludes halogenated alkanes) is 14. The van der Waals surface area contributed by atoms with Crippen LogP contribution in [0.3, 0.4) is 0 Å². The molecular formula is C25H50. The predicted octanol–water partition coefficient (Wildman–Crippen LogP) is 9.63. The van der Waals surface area contributed by atoms with Crippen LogP contribution in [0.5, 0.6) is 0 Å². The van der Waals surface area contributed by atoms with Crippen LogP contribution in [0.1, 0.15) is 143 Å². The SMILES string of the molecule is C=C(CCCCCCCCCCCCCCCCC)CCC(C)CC. The summed E-state index contributed by atoms with van der Waals surface area (Å²) >= 11 is 0. The van der Waals surface area contributed by atoms with Gasteiger partial charge >= 0.3 is 0 Å². The van der Waals surface area contributed by atoms with E-state index in [4.69, 9.17) is 0 Å². The standard InChI is InChI=1S/C25H50/c1-5-7-8-9-10-11-12-13-14-15-16-17-18-19-20-21-25(4)23-22-24(3)6-2/h24H,4-23H2,1-3H3. The fourth-order valence-corrected chi connectivity index (χ4v) is 3.53. The van der Waals surface area contributed by atoms with Gasteiger partial charge in [-0.15, -0.1) is 0 Å². The summed E-state index contributed by atoms with van der Waals surface area (Å²) in [4.78, 5) is 0. The second kappa shape index (κ2) is 20.1. The van der Waals surface area contributed by atoms with Gasteiger partial charge in [0.1, 0.15) is 0 Å². The van der Waals surface area contributed by atoms with Gasteiger partial charge in [-0.25, -0.2) is 0 Å². The van der Waals surface area contributed by atoms with Crippen molar-refractivity contribution in [2.75, 3.05) is 0 Å². The molecule has 0 heterocycles. The molecule has 0 aliphatic heterocycles. The molecule has 0 fully saturated rings. The van der Waals surface area contributed by atoms with Gasteiger partial charge in [-0.2, -0.15) is 0 Å². The highest BCUT2D eigenvalue weighted by Gasteiger charge is 2.01. The molecule has 0 aromatic rings. The van der Waals surface area contributed by atoms with E-state index in [0.29, 0.717) is 0 Å². The molecule has 0 aliphatic carbocycles. The first-order valence-electron chi connectivity index (χ1n) is 11.9. The van der Waals surface area contributed by atoms with Crippen LogP contribution in [0.15, 0.2) is 12.2 Å². The molecule has 0 aliphatic rings. The zero-order valence-electron chi connectivity index (χ0n) is 18.2. The van der Waals surface area contributed by atoms with Gasteiger partial charge in [0.05, 0.1) is 0 Å². The lowest BCUT2D eigenvalue weighted by molar-refractivity contribution is 0.506. The molecular weight excluding hydrogens is 300 g/mol. The van der Waals surface area contributed by atoms with Crippen LogP contribution in [0.2, 0.25) is 0 Å². The minimum Gasteiger partial charge on any atom is -0.0999 e. The fourth-order valence-electron chi connectivity index (χ4n) is 3.53. The smallest absolute Gasteiger partial charge is 0.0320 e. The van der Waals surface area contributed by atoms with Crippen LogP contribution in [-0.4, -0.2) is 0 Å². The second-order valence-corrected chi connectivity index (χ2v) is 8.50. The van der Waals surface area contributed by atoms with Gasteiger partial charge in [0.2, 0.25) is 0 Å². The molecule has 0 bridgehead atoms. The molecule has 0 spiro atoms. The molecule has 0 saturated carbocycles. The average molecular weight is 351 g/mol. The second-order valence-electron chi connectivity index (χ2n) is 8.50. The van der Waals surface area contributed by atoms with Crippen LogP contribution < -0.4 is 0 Å².